The van der Waals surface area contributed by atoms with Crippen molar-refractivity contribution in [2.24, 2.45) is 0 Å². The minimum atomic E-state index is 0.427. The standard InChI is InChI=1S/C12H15N3O/c1-4-12-11(13-6-1)9-14-15(12)7-5-10-3-2-8-16-10/h1,4,6,9-10H,2-3,5,7-8H2. The molecule has 1 fully saturated rings. The Balaban J connectivity index is 1.73. The van der Waals surface area contributed by atoms with Crippen LogP contribution < -0.4 is 0 Å². The van der Waals surface area contributed by atoms with Crippen LogP contribution in [0.2, 0.25) is 0 Å². The highest BCUT2D eigenvalue weighted by atomic mass is 16.5. The zero-order valence-electron chi connectivity index (χ0n) is 9.17. The summed E-state index contributed by atoms with van der Waals surface area (Å²) in [6.07, 6.45) is 7.49. The summed E-state index contributed by atoms with van der Waals surface area (Å²) in [4.78, 5) is 4.27. The predicted octanol–water partition coefficient (Wildman–Crippen LogP) is 2.00. The van der Waals surface area contributed by atoms with Gasteiger partial charge in [-0.15, -0.1) is 0 Å². The lowest BCUT2D eigenvalue weighted by molar-refractivity contribution is 0.0998. The molecule has 1 atom stereocenters. The van der Waals surface area contributed by atoms with Gasteiger partial charge < -0.3 is 4.74 Å². The summed E-state index contributed by atoms with van der Waals surface area (Å²) >= 11 is 0. The smallest absolute Gasteiger partial charge is 0.108 e. The topological polar surface area (TPSA) is 39.9 Å². The van der Waals surface area contributed by atoms with Gasteiger partial charge in [0.25, 0.3) is 0 Å². The van der Waals surface area contributed by atoms with E-state index in [9.17, 15) is 0 Å². The fraction of sp³-hybridized carbons (Fsp3) is 0.500. The molecule has 0 bridgehead atoms. The molecule has 0 saturated carbocycles. The van der Waals surface area contributed by atoms with Crippen LogP contribution in [-0.4, -0.2) is 27.5 Å². The first-order valence-electron chi connectivity index (χ1n) is 5.81. The molecule has 0 aliphatic carbocycles. The molecule has 84 valence electrons. The van der Waals surface area contributed by atoms with Crippen LogP contribution in [0.4, 0.5) is 0 Å². The first kappa shape index (κ1) is 9.78. The molecule has 0 N–H and O–H groups in total. The lowest BCUT2D eigenvalue weighted by Gasteiger charge is -2.09. The third-order valence-electron chi connectivity index (χ3n) is 3.10. The van der Waals surface area contributed by atoms with Crippen molar-refractivity contribution in [3.8, 4) is 0 Å². The van der Waals surface area contributed by atoms with Crippen LogP contribution in [0.15, 0.2) is 24.5 Å². The molecular weight excluding hydrogens is 202 g/mol. The highest BCUT2D eigenvalue weighted by molar-refractivity contribution is 5.73. The number of aryl methyl sites for hydroxylation is 1. The molecule has 4 heteroatoms. The van der Waals surface area contributed by atoms with Crippen LogP contribution in [0.3, 0.4) is 0 Å². The Morgan fingerprint density at radius 3 is 3.38 bits per heavy atom. The Hall–Kier alpha value is -1.42. The second-order valence-corrected chi connectivity index (χ2v) is 4.20. The molecule has 0 aromatic carbocycles. The Bertz CT molecular complexity index is 474. The van der Waals surface area contributed by atoms with E-state index in [1.54, 1.807) is 6.20 Å². The summed E-state index contributed by atoms with van der Waals surface area (Å²) < 4.78 is 7.62. The van der Waals surface area contributed by atoms with Gasteiger partial charge in [-0.25, -0.2) is 0 Å². The maximum atomic E-state index is 5.61. The van der Waals surface area contributed by atoms with Gasteiger partial charge in [0, 0.05) is 19.3 Å². The monoisotopic (exact) mass is 217 g/mol. The fourth-order valence-corrected chi connectivity index (χ4v) is 2.23. The number of rotatable bonds is 3. The molecule has 2 aromatic heterocycles. The first-order chi connectivity index (χ1) is 7.93. The molecule has 1 aliphatic heterocycles. The summed E-state index contributed by atoms with van der Waals surface area (Å²) in [5.74, 6) is 0. The fourth-order valence-electron chi connectivity index (χ4n) is 2.23. The van der Waals surface area contributed by atoms with Crippen molar-refractivity contribution in [1.82, 2.24) is 14.8 Å². The molecule has 1 aliphatic rings. The Morgan fingerprint density at radius 1 is 1.50 bits per heavy atom. The molecular formula is C12H15N3O. The molecule has 4 nitrogen and oxygen atoms in total. The molecule has 1 saturated heterocycles. The minimum absolute atomic E-state index is 0.427. The van der Waals surface area contributed by atoms with Crippen molar-refractivity contribution in [1.29, 1.82) is 0 Å². The lowest BCUT2D eigenvalue weighted by atomic mass is 10.2. The molecule has 0 spiro atoms. The third-order valence-corrected chi connectivity index (χ3v) is 3.10. The summed E-state index contributed by atoms with van der Waals surface area (Å²) in [6, 6.07) is 4.01. The van der Waals surface area contributed by atoms with E-state index in [1.807, 2.05) is 16.9 Å². The van der Waals surface area contributed by atoms with Crippen LogP contribution in [0.5, 0.6) is 0 Å². The van der Waals surface area contributed by atoms with Crippen molar-refractivity contribution in [2.45, 2.75) is 31.9 Å². The number of ether oxygens (including phenoxy) is 1. The molecule has 0 amide bonds. The van der Waals surface area contributed by atoms with Gasteiger partial charge in [-0.2, -0.15) is 5.10 Å². The van der Waals surface area contributed by atoms with Gasteiger partial charge >= 0.3 is 0 Å². The normalized spacial score (nSPS) is 20.6. The second kappa shape index (κ2) is 4.22. The van der Waals surface area contributed by atoms with Crippen LogP contribution in [0.25, 0.3) is 11.0 Å². The summed E-state index contributed by atoms with van der Waals surface area (Å²) in [7, 11) is 0. The highest BCUT2D eigenvalue weighted by Gasteiger charge is 2.15. The van der Waals surface area contributed by atoms with Gasteiger partial charge in [-0.05, 0) is 31.4 Å². The summed E-state index contributed by atoms with van der Waals surface area (Å²) in [5, 5.41) is 4.35. The van der Waals surface area contributed by atoms with Gasteiger partial charge in [0.2, 0.25) is 0 Å². The average Bonchev–Trinajstić information content (AvgIpc) is 2.96. The zero-order chi connectivity index (χ0) is 10.8. The van der Waals surface area contributed by atoms with E-state index in [0.717, 1.165) is 30.6 Å². The Kier molecular flexibility index (Phi) is 2.58. The summed E-state index contributed by atoms with van der Waals surface area (Å²) in [6.45, 7) is 1.84. The number of aromatic nitrogens is 3. The second-order valence-electron chi connectivity index (χ2n) is 4.20. The van der Waals surface area contributed by atoms with Crippen LogP contribution in [0.1, 0.15) is 19.3 Å². The number of nitrogens with zero attached hydrogens (tertiary/aromatic N) is 3. The van der Waals surface area contributed by atoms with Gasteiger partial charge in [0.15, 0.2) is 0 Å². The molecule has 16 heavy (non-hydrogen) atoms. The van der Waals surface area contributed by atoms with Crippen molar-refractivity contribution in [3.05, 3.63) is 24.5 Å². The van der Waals surface area contributed by atoms with E-state index in [2.05, 4.69) is 16.1 Å². The van der Waals surface area contributed by atoms with Crippen LogP contribution in [0, 0.1) is 0 Å². The van der Waals surface area contributed by atoms with Gasteiger partial charge in [-0.1, -0.05) is 0 Å². The van der Waals surface area contributed by atoms with Crippen molar-refractivity contribution in [2.75, 3.05) is 6.61 Å². The maximum absolute atomic E-state index is 5.61. The molecule has 1 unspecified atom stereocenters. The van der Waals surface area contributed by atoms with Crippen molar-refractivity contribution >= 4 is 11.0 Å². The van der Waals surface area contributed by atoms with Crippen molar-refractivity contribution in [3.63, 3.8) is 0 Å². The van der Waals surface area contributed by atoms with Gasteiger partial charge in [0.05, 0.1) is 17.8 Å². The number of fused-ring (bicyclic) bond motifs is 1. The average molecular weight is 217 g/mol. The third kappa shape index (κ3) is 1.80. The van der Waals surface area contributed by atoms with E-state index in [0.29, 0.717) is 6.10 Å². The van der Waals surface area contributed by atoms with Crippen LogP contribution in [-0.2, 0) is 11.3 Å². The maximum Gasteiger partial charge on any atom is 0.108 e. The largest absolute Gasteiger partial charge is 0.378 e. The predicted molar refractivity (Wildman–Crippen MR) is 61.1 cm³/mol. The molecule has 3 heterocycles. The van der Waals surface area contributed by atoms with E-state index in [4.69, 9.17) is 4.74 Å². The van der Waals surface area contributed by atoms with Gasteiger partial charge in [-0.3, -0.25) is 9.67 Å². The lowest BCUT2D eigenvalue weighted by Crippen LogP contribution is -2.10. The van der Waals surface area contributed by atoms with E-state index in [-0.39, 0.29) is 0 Å². The Morgan fingerprint density at radius 2 is 2.50 bits per heavy atom. The Labute approximate surface area is 94.2 Å². The zero-order valence-corrected chi connectivity index (χ0v) is 9.17. The van der Waals surface area contributed by atoms with E-state index < -0.39 is 0 Å². The van der Waals surface area contributed by atoms with Gasteiger partial charge in [0.1, 0.15) is 5.52 Å². The summed E-state index contributed by atoms with van der Waals surface area (Å²) in [5.41, 5.74) is 2.08. The quantitative estimate of drug-likeness (QED) is 0.789. The van der Waals surface area contributed by atoms with Crippen LogP contribution >= 0.6 is 0 Å². The number of hydrogen-bond acceptors (Lipinski definition) is 3. The number of hydrogen-bond donors (Lipinski definition) is 0. The van der Waals surface area contributed by atoms with E-state index in [1.165, 1.54) is 12.8 Å². The minimum Gasteiger partial charge on any atom is -0.378 e. The highest BCUT2D eigenvalue weighted by Crippen LogP contribution is 2.17. The molecule has 0 radical (unpaired) electrons. The van der Waals surface area contributed by atoms with Crippen molar-refractivity contribution < 1.29 is 4.74 Å². The SMILES string of the molecule is c1cnc2cnn(CCC3CCCO3)c2c1. The van der Waals surface area contributed by atoms with E-state index >= 15 is 0 Å². The first-order valence-corrected chi connectivity index (χ1v) is 5.81. The molecule has 2 aromatic rings. The number of pyridine rings is 1. The molecule has 3 rings (SSSR count).